The van der Waals surface area contributed by atoms with Crippen LogP contribution in [0.1, 0.15) is 26.3 Å². The van der Waals surface area contributed by atoms with Gasteiger partial charge >= 0.3 is 5.97 Å². The summed E-state index contributed by atoms with van der Waals surface area (Å²) < 4.78 is 0. The van der Waals surface area contributed by atoms with Crippen molar-refractivity contribution in [3.63, 3.8) is 0 Å². The highest BCUT2D eigenvalue weighted by atomic mass is 16.6. The minimum Gasteiger partial charge on any atom is -0.476 e. The van der Waals surface area contributed by atoms with Crippen LogP contribution in [0.5, 0.6) is 0 Å². The number of carbonyl (C=O) groups is 1. The van der Waals surface area contributed by atoms with Gasteiger partial charge in [-0.05, 0) is 31.5 Å². The summed E-state index contributed by atoms with van der Waals surface area (Å²) >= 11 is 0. The summed E-state index contributed by atoms with van der Waals surface area (Å²) in [5, 5.41) is 15.0. The van der Waals surface area contributed by atoms with Crippen LogP contribution < -0.4 is 0 Å². The Morgan fingerprint density at radius 3 is 2.40 bits per heavy atom. The van der Waals surface area contributed by atoms with Gasteiger partial charge in [0.1, 0.15) is 5.60 Å². The van der Waals surface area contributed by atoms with Crippen molar-refractivity contribution >= 4 is 22.5 Å². The number of aliphatic carboxylic acids is 1. The van der Waals surface area contributed by atoms with Crippen LogP contribution in [0.3, 0.4) is 0 Å². The molecule has 0 bridgehead atoms. The maximum Gasteiger partial charge on any atom is 0.358 e. The lowest BCUT2D eigenvalue weighted by Gasteiger charge is -2.16. The summed E-state index contributed by atoms with van der Waals surface area (Å²) in [5.41, 5.74) is -0.0674. The summed E-state index contributed by atoms with van der Waals surface area (Å²) in [6.45, 7) is 5.46. The number of hydrogen-bond acceptors (Lipinski definition) is 3. The van der Waals surface area contributed by atoms with E-state index in [-0.39, 0.29) is 5.71 Å². The molecule has 0 saturated carbocycles. The summed E-state index contributed by atoms with van der Waals surface area (Å²) in [4.78, 5) is 16.7. The molecule has 0 aliphatic heterocycles. The number of benzene rings is 2. The highest BCUT2D eigenvalue weighted by molar-refractivity contribution is 6.44. The number of rotatable bonds is 3. The van der Waals surface area contributed by atoms with E-state index in [9.17, 15) is 9.90 Å². The van der Waals surface area contributed by atoms with Crippen LogP contribution in [0, 0.1) is 0 Å². The SMILES string of the molecule is CC(C)(C)O/N=C(\C(=O)O)c1cccc2ccccc12. The first-order valence-electron chi connectivity index (χ1n) is 6.36. The summed E-state index contributed by atoms with van der Waals surface area (Å²) in [6.07, 6.45) is 0. The number of oxime groups is 1. The standard InChI is InChI=1S/C16H17NO3/c1-16(2,3)20-17-14(15(18)19)13-10-6-8-11-7-4-5-9-12(11)13/h4-10H,1-3H3,(H,18,19)/b17-14-. The van der Waals surface area contributed by atoms with Crippen molar-refractivity contribution in [2.75, 3.05) is 0 Å². The molecule has 0 radical (unpaired) electrons. The van der Waals surface area contributed by atoms with Crippen molar-refractivity contribution in [1.82, 2.24) is 0 Å². The topological polar surface area (TPSA) is 58.9 Å². The van der Waals surface area contributed by atoms with Gasteiger partial charge in [-0.1, -0.05) is 47.6 Å². The van der Waals surface area contributed by atoms with Crippen LogP contribution in [0.25, 0.3) is 10.8 Å². The van der Waals surface area contributed by atoms with Gasteiger partial charge in [0.25, 0.3) is 0 Å². The lowest BCUT2D eigenvalue weighted by atomic mass is 10.0. The normalized spacial score (nSPS) is 12.4. The summed E-state index contributed by atoms with van der Waals surface area (Å²) in [7, 11) is 0. The van der Waals surface area contributed by atoms with Gasteiger partial charge in [0.15, 0.2) is 5.71 Å². The van der Waals surface area contributed by atoms with Gasteiger partial charge in [0.05, 0.1) is 0 Å². The molecule has 20 heavy (non-hydrogen) atoms. The first-order chi connectivity index (χ1) is 9.38. The van der Waals surface area contributed by atoms with Gasteiger partial charge in [0.2, 0.25) is 0 Å². The van der Waals surface area contributed by atoms with Crippen molar-refractivity contribution in [1.29, 1.82) is 0 Å². The molecule has 0 amide bonds. The molecule has 0 aliphatic carbocycles. The van der Waals surface area contributed by atoms with Crippen molar-refractivity contribution in [2.24, 2.45) is 5.16 Å². The van der Waals surface area contributed by atoms with Crippen LogP contribution in [-0.4, -0.2) is 22.4 Å². The second-order valence-electron chi connectivity index (χ2n) is 5.48. The van der Waals surface area contributed by atoms with Gasteiger partial charge in [-0.2, -0.15) is 0 Å². The van der Waals surface area contributed by atoms with Crippen LogP contribution in [0.15, 0.2) is 47.6 Å². The highest BCUT2D eigenvalue weighted by Crippen LogP contribution is 2.20. The first-order valence-corrected chi connectivity index (χ1v) is 6.36. The maximum absolute atomic E-state index is 11.4. The molecule has 0 aromatic heterocycles. The molecule has 2 aromatic carbocycles. The Hall–Kier alpha value is -2.36. The molecule has 4 nitrogen and oxygen atoms in total. The summed E-state index contributed by atoms with van der Waals surface area (Å²) in [5.74, 6) is -1.11. The predicted molar refractivity (Wildman–Crippen MR) is 79.0 cm³/mol. The molecule has 2 aromatic rings. The lowest BCUT2D eigenvalue weighted by molar-refractivity contribution is -0.129. The van der Waals surface area contributed by atoms with E-state index in [1.165, 1.54) is 0 Å². The quantitative estimate of drug-likeness (QED) is 0.687. The fourth-order valence-corrected chi connectivity index (χ4v) is 1.82. The minimum atomic E-state index is -1.11. The van der Waals surface area contributed by atoms with Gasteiger partial charge in [-0.25, -0.2) is 4.79 Å². The number of carboxylic acids is 1. The maximum atomic E-state index is 11.4. The van der Waals surface area contributed by atoms with Crippen molar-refractivity contribution in [3.05, 3.63) is 48.0 Å². The van der Waals surface area contributed by atoms with E-state index in [0.717, 1.165) is 10.8 Å². The second-order valence-corrected chi connectivity index (χ2v) is 5.48. The number of fused-ring (bicyclic) bond motifs is 1. The van der Waals surface area contributed by atoms with Gasteiger partial charge in [0, 0.05) is 5.56 Å². The Bertz CT molecular complexity index is 663. The van der Waals surface area contributed by atoms with E-state index >= 15 is 0 Å². The molecule has 1 N–H and O–H groups in total. The van der Waals surface area contributed by atoms with Gasteiger partial charge in [-0.3, -0.25) is 0 Å². The Labute approximate surface area is 117 Å². The van der Waals surface area contributed by atoms with E-state index in [1.54, 1.807) is 6.07 Å². The molecule has 0 aliphatic rings. The average molecular weight is 271 g/mol. The molecule has 0 fully saturated rings. The van der Waals surface area contributed by atoms with Crippen LogP contribution in [-0.2, 0) is 9.63 Å². The third kappa shape index (κ3) is 3.15. The van der Waals surface area contributed by atoms with Crippen molar-refractivity contribution in [3.8, 4) is 0 Å². The molecule has 4 heteroatoms. The molecule has 104 valence electrons. The average Bonchev–Trinajstić information content (AvgIpc) is 2.37. The number of hydrogen-bond donors (Lipinski definition) is 1. The van der Waals surface area contributed by atoms with Gasteiger partial charge < -0.3 is 9.94 Å². The largest absolute Gasteiger partial charge is 0.476 e. The van der Waals surface area contributed by atoms with E-state index in [2.05, 4.69) is 5.16 Å². The summed E-state index contributed by atoms with van der Waals surface area (Å²) in [6, 6.07) is 13.1. The third-order valence-electron chi connectivity index (χ3n) is 2.66. The van der Waals surface area contributed by atoms with E-state index in [0.29, 0.717) is 5.56 Å². The number of nitrogens with zero attached hydrogens (tertiary/aromatic N) is 1. The molecule has 0 atom stereocenters. The van der Waals surface area contributed by atoms with Gasteiger partial charge in [-0.15, -0.1) is 0 Å². The van der Waals surface area contributed by atoms with Crippen LogP contribution in [0.2, 0.25) is 0 Å². The first kappa shape index (κ1) is 14.1. The zero-order valence-corrected chi connectivity index (χ0v) is 11.8. The zero-order chi connectivity index (χ0) is 14.8. The van der Waals surface area contributed by atoms with E-state index in [1.807, 2.05) is 57.2 Å². The second kappa shape index (κ2) is 5.33. The fraction of sp³-hybridized carbons (Fsp3) is 0.250. The Kier molecular flexibility index (Phi) is 3.74. The van der Waals surface area contributed by atoms with Crippen LogP contribution >= 0.6 is 0 Å². The molecule has 0 unspecified atom stereocenters. The Morgan fingerprint density at radius 2 is 1.75 bits per heavy atom. The van der Waals surface area contributed by atoms with E-state index < -0.39 is 11.6 Å². The van der Waals surface area contributed by atoms with E-state index in [4.69, 9.17) is 4.84 Å². The number of carboxylic acid groups (broad SMARTS) is 1. The molecular formula is C16H17NO3. The molecule has 2 rings (SSSR count). The minimum absolute atomic E-state index is 0.0864. The van der Waals surface area contributed by atoms with Crippen molar-refractivity contribution < 1.29 is 14.7 Å². The molecule has 0 saturated heterocycles. The van der Waals surface area contributed by atoms with Crippen molar-refractivity contribution in [2.45, 2.75) is 26.4 Å². The monoisotopic (exact) mass is 271 g/mol. The Balaban J connectivity index is 2.56. The Morgan fingerprint density at radius 1 is 1.10 bits per heavy atom. The zero-order valence-electron chi connectivity index (χ0n) is 11.8. The fourth-order valence-electron chi connectivity index (χ4n) is 1.82. The van der Waals surface area contributed by atoms with Crippen LogP contribution in [0.4, 0.5) is 0 Å². The third-order valence-corrected chi connectivity index (χ3v) is 2.66. The molecule has 0 spiro atoms. The smallest absolute Gasteiger partial charge is 0.358 e. The molecular weight excluding hydrogens is 254 g/mol. The molecule has 0 heterocycles. The lowest BCUT2D eigenvalue weighted by Crippen LogP contribution is -2.21. The predicted octanol–water partition coefficient (Wildman–Crippen LogP) is 3.44. The highest BCUT2D eigenvalue weighted by Gasteiger charge is 2.18.